The van der Waals surface area contributed by atoms with Gasteiger partial charge in [-0.15, -0.1) is 0 Å². The lowest BCUT2D eigenvalue weighted by atomic mass is 10.1. The van der Waals surface area contributed by atoms with E-state index in [4.69, 9.17) is 0 Å². The van der Waals surface area contributed by atoms with Crippen molar-refractivity contribution in [1.82, 2.24) is 0 Å². The standard InChI is InChI=1S/C9H18N2O2/c1-4-7-10-8(5-2)9(6-3)11(12)13/h9H,4-7H2,1-3H3/b10-8-. The van der Waals surface area contributed by atoms with Crippen molar-refractivity contribution < 1.29 is 4.92 Å². The molecule has 0 saturated heterocycles. The minimum atomic E-state index is -0.573. The molecule has 0 fully saturated rings. The van der Waals surface area contributed by atoms with E-state index in [2.05, 4.69) is 4.99 Å². The molecule has 0 aliphatic heterocycles. The molecule has 0 saturated carbocycles. The van der Waals surface area contributed by atoms with Crippen LogP contribution in [0, 0.1) is 10.1 Å². The van der Waals surface area contributed by atoms with Gasteiger partial charge in [-0.05, 0) is 12.8 Å². The third-order valence-corrected chi connectivity index (χ3v) is 1.93. The van der Waals surface area contributed by atoms with E-state index in [1.165, 1.54) is 0 Å². The van der Waals surface area contributed by atoms with Gasteiger partial charge in [-0.3, -0.25) is 15.1 Å². The van der Waals surface area contributed by atoms with Crippen LogP contribution in [-0.4, -0.2) is 23.2 Å². The van der Waals surface area contributed by atoms with E-state index in [9.17, 15) is 10.1 Å². The second-order valence-electron chi connectivity index (χ2n) is 2.94. The Morgan fingerprint density at radius 3 is 2.38 bits per heavy atom. The zero-order chi connectivity index (χ0) is 10.3. The maximum Gasteiger partial charge on any atom is 0.250 e. The summed E-state index contributed by atoms with van der Waals surface area (Å²) >= 11 is 0. The Bertz CT molecular complexity index is 190. The number of aliphatic imine (C=N–C) groups is 1. The molecule has 0 bridgehead atoms. The van der Waals surface area contributed by atoms with Gasteiger partial charge in [-0.1, -0.05) is 20.8 Å². The van der Waals surface area contributed by atoms with Crippen molar-refractivity contribution in [2.75, 3.05) is 6.54 Å². The number of hydrogen-bond donors (Lipinski definition) is 0. The van der Waals surface area contributed by atoms with Gasteiger partial charge in [0.05, 0.1) is 5.71 Å². The van der Waals surface area contributed by atoms with E-state index in [-0.39, 0.29) is 4.92 Å². The third kappa shape index (κ3) is 4.01. The second kappa shape index (κ2) is 6.57. The van der Waals surface area contributed by atoms with Gasteiger partial charge in [0.1, 0.15) is 0 Å². The first kappa shape index (κ1) is 12.1. The maximum absolute atomic E-state index is 10.6. The summed E-state index contributed by atoms with van der Waals surface area (Å²) < 4.78 is 0. The van der Waals surface area contributed by atoms with Crippen molar-refractivity contribution >= 4 is 5.71 Å². The summed E-state index contributed by atoms with van der Waals surface area (Å²) in [5.74, 6) is 0. The van der Waals surface area contributed by atoms with Crippen LogP contribution in [0.3, 0.4) is 0 Å². The van der Waals surface area contributed by atoms with Crippen LogP contribution in [-0.2, 0) is 0 Å². The molecular formula is C9H18N2O2. The summed E-state index contributed by atoms with van der Waals surface area (Å²) in [6.07, 6.45) is 2.15. The molecule has 0 rings (SSSR count). The number of nitrogens with zero attached hydrogens (tertiary/aromatic N) is 2. The van der Waals surface area contributed by atoms with E-state index in [1.807, 2.05) is 20.8 Å². The molecule has 1 unspecified atom stereocenters. The lowest BCUT2D eigenvalue weighted by Crippen LogP contribution is -2.28. The summed E-state index contributed by atoms with van der Waals surface area (Å²) in [6, 6.07) is -0.573. The second-order valence-corrected chi connectivity index (χ2v) is 2.94. The average Bonchev–Trinajstić information content (AvgIpc) is 2.11. The van der Waals surface area contributed by atoms with E-state index in [0.29, 0.717) is 19.4 Å². The predicted molar refractivity (Wildman–Crippen MR) is 54.0 cm³/mol. The molecule has 0 N–H and O–H groups in total. The first-order valence-electron chi connectivity index (χ1n) is 4.83. The molecule has 0 aromatic carbocycles. The Labute approximate surface area is 79.2 Å². The summed E-state index contributed by atoms with van der Waals surface area (Å²) in [6.45, 7) is 6.46. The Morgan fingerprint density at radius 1 is 1.46 bits per heavy atom. The Hall–Kier alpha value is -0.930. The van der Waals surface area contributed by atoms with E-state index < -0.39 is 6.04 Å². The summed E-state index contributed by atoms with van der Waals surface area (Å²) in [5, 5.41) is 10.6. The average molecular weight is 186 g/mol. The molecule has 4 nitrogen and oxygen atoms in total. The fourth-order valence-corrected chi connectivity index (χ4v) is 1.21. The highest BCUT2D eigenvalue weighted by atomic mass is 16.6. The van der Waals surface area contributed by atoms with Crippen LogP contribution in [0.25, 0.3) is 0 Å². The van der Waals surface area contributed by atoms with Gasteiger partial charge in [0, 0.05) is 17.9 Å². The summed E-state index contributed by atoms with van der Waals surface area (Å²) in [5.41, 5.74) is 0.731. The van der Waals surface area contributed by atoms with Crippen LogP contribution < -0.4 is 0 Å². The molecule has 13 heavy (non-hydrogen) atoms. The zero-order valence-electron chi connectivity index (χ0n) is 8.62. The molecule has 0 spiro atoms. The number of rotatable bonds is 6. The molecule has 0 aliphatic carbocycles. The van der Waals surface area contributed by atoms with Crippen LogP contribution >= 0.6 is 0 Å². The van der Waals surface area contributed by atoms with Gasteiger partial charge in [0.25, 0.3) is 0 Å². The maximum atomic E-state index is 10.6. The lowest BCUT2D eigenvalue weighted by molar-refractivity contribution is -0.503. The van der Waals surface area contributed by atoms with Gasteiger partial charge in [0.15, 0.2) is 0 Å². The minimum absolute atomic E-state index is 0.238. The molecule has 0 radical (unpaired) electrons. The Kier molecular flexibility index (Phi) is 6.10. The van der Waals surface area contributed by atoms with Crippen molar-refractivity contribution in [2.24, 2.45) is 4.99 Å². The molecule has 4 heteroatoms. The first-order chi connectivity index (χ1) is 6.17. The van der Waals surface area contributed by atoms with Crippen LogP contribution in [0.5, 0.6) is 0 Å². The van der Waals surface area contributed by atoms with Gasteiger partial charge < -0.3 is 0 Å². The minimum Gasteiger partial charge on any atom is -0.287 e. The largest absolute Gasteiger partial charge is 0.287 e. The third-order valence-electron chi connectivity index (χ3n) is 1.93. The van der Waals surface area contributed by atoms with Gasteiger partial charge in [-0.25, -0.2) is 0 Å². The van der Waals surface area contributed by atoms with E-state index >= 15 is 0 Å². The molecule has 76 valence electrons. The fourth-order valence-electron chi connectivity index (χ4n) is 1.21. The van der Waals surface area contributed by atoms with Crippen molar-refractivity contribution in [3.63, 3.8) is 0 Å². The van der Waals surface area contributed by atoms with Crippen molar-refractivity contribution in [1.29, 1.82) is 0 Å². The zero-order valence-corrected chi connectivity index (χ0v) is 8.62. The monoisotopic (exact) mass is 186 g/mol. The highest BCUT2D eigenvalue weighted by Gasteiger charge is 2.22. The number of nitro groups is 1. The molecule has 0 aromatic rings. The Balaban J connectivity index is 4.42. The number of hydrogen-bond acceptors (Lipinski definition) is 3. The molecule has 0 aromatic heterocycles. The highest BCUT2D eigenvalue weighted by molar-refractivity contribution is 5.88. The van der Waals surface area contributed by atoms with Gasteiger partial charge in [-0.2, -0.15) is 0 Å². The van der Waals surface area contributed by atoms with Crippen LogP contribution in [0.1, 0.15) is 40.0 Å². The molecular weight excluding hydrogens is 168 g/mol. The smallest absolute Gasteiger partial charge is 0.250 e. The lowest BCUT2D eigenvalue weighted by Gasteiger charge is -2.08. The van der Waals surface area contributed by atoms with Gasteiger partial charge >= 0.3 is 0 Å². The van der Waals surface area contributed by atoms with Crippen molar-refractivity contribution in [3.8, 4) is 0 Å². The van der Waals surface area contributed by atoms with Crippen molar-refractivity contribution in [2.45, 2.75) is 46.1 Å². The Morgan fingerprint density at radius 2 is 2.08 bits per heavy atom. The van der Waals surface area contributed by atoms with Crippen LogP contribution in [0.2, 0.25) is 0 Å². The van der Waals surface area contributed by atoms with Crippen LogP contribution in [0.15, 0.2) is 4.99 Å². The molecule has 0 heterocycles. The topological polar surface area (TPSA) is 55.5 Å². The van der Waals surface area contributed by atoms with Gasteiger partial charge in [0.2, 0.25) is 6.04 Å². The van der Waals surface area contributed by atoms with E-state index in [1.54, 1.807) is 0 Å². The quantitative estimate of drug-likeness (QED) is 0.363. The van der Waals surface area contributed by atoms with E-state index in [0.717, 1.165) is 12.1 Å². The molecule has 0 aliphatic rings. The SMILES string of the molecule is CCC/N=C(/CC)C(CC)[N+](=O)[O-]. The normalized spacial score (nSPS) is 14.2. The fraction of sp³-hybridized carbons (Fsp3) is 0.889. The van der Waals surface area contributed by atoms with Crippen LogP contribution in [0.4, 0.5) is 0 Å². The highest BCUT2D eigenvalue weighted by Crippen LogP contribution is 2.04. The predicted octanol–water partition coefficient (Wildman–Crippen LogP) is 2.30. The summed E-state index contributed by atoms with van der Waals surface area (Å²) in [7, 11) is 0. The first-order valence-corrected chi connectivity index (χ1v) is 4.83. The molecule has 1 atom stereocenters. The summed E-state index contributed by atoms with van der Waals surface area (Å²) in [4.78, 5) is 14.6. The molecule has 0 amide bonds. The van der Waals surface area contributed by atoms with Crippen molar-refractivity contribution in [3.05, 3.63) is 10.1 Å².